The van der Waals surface area contributed by atoms with Gasteiger partial charge in [-0.3, -0.25) is 9.78 Å². The summed E-state index contributed by atoms with van der Waals surface area (Å²) >= 11 is 0. The first-order valence-electron chi connectivity index (χ1n) is 10.7. The number of rotatable bonds is 10. The van der Waals surface area contributed by atoms with Crippen molar-refractivity contribution in [2.24, 2.45) is 5.92 Å². The molecular weight excluding hydrogens is 400 g/mol. The lowest BCUT2D eigenvalue weighted by atomic mass is 10.1. The van der Waals surface area contributed by atoms with Crippen LogP contribution in [0.3, 0.4) is 0 Å². The van der Waals surface area contributed by atoms with Crippen molar-refractivity contribution in [1.82, 2.24) is 9.88 Å². The molecular formula is C27H30N2O3. The fourth-order valence-corrected chi connectivity index (χ4v) is 3.08. The van der Waals surface area contributed by atoms with Crippen molar-refractivity contribution in [2.75, 3.05) is 13.7 Å². The van der Waals surface area contributed by atoms with Crippen molar-refractivity contribution in [2.45, 2.75) is 26.9 Å². The van der Waals surface area contributed by atoms with Crippen molar-refractivity contribution in [3.8, 4) is 11.5 Å². The summed E-state index contributed by atoms with van der Waals surface area (Å²) in [6.45, 7) is 5.92. The number of benzene rings is 2. The first kappa shape index (κ1) is 23.1. The molecule has 0 saturated carbocycles. The predicted molar refractivity (Wildman–Crippen MR) is 127 cm³/mol. The van der Waals surface area contributed by atoms with Gasteiger partial charge >= 0.3 is 0 Å². The topological polar surface area (TPSA) is 51.7 Å². The Morgan fingerprint density at radius 3 is 2.09 bits per heavy atom. The summed E-state index contributed by atoms with van der Waals surface area (Å²) in [5.74, 6) is 2.04. The zero-order chi connectivity index (χ0) is 22.8. The molecule has 3 rings (SSSR count). The Labute approximate surface area is 190 Å². The van der Waals surface area contributed by atoms with Gasteiger partial charge in [0.15, 0.2) is 0 Å². The van der Waals surface area contributed by atoms with E-state index in [-0.39, 0.29) is 5.91 Å². The Hall–Kier alpha value is -3.60. The lowest BCUT2D eigenvalue weighted by Gasteiger charge is -2.22. The summed E-state index contributed by atoms with van der Waals surface area (Å²) in [7, 11) is 1.63. The van der Waals surface area contributed by atoms with Crippen LogP contribution in [0.1, 0.15) is 30.5 Å². The fourth-order valence-electron chi connectivity index (χ4n) is 3.08. The normalized spacial score (nSPS) is 11.0. The number of carbonyl (C=O) groups excluding carboxylic acids is 1. The molecule has 0 aliphatic heterocycles. The monoisotopic (exact) mass is 430 g/mol. The third-order valence-corrected chi connectivity index (χ3v) is 4.85. The number of carbonyl (C=O) groups is 1. The van der Waals surface area contributed by atoms with Crippen molar-refractivity contribution < 1.29 is 14.3 Å². The van der Waals surface area contributed by atoms with Crippen LogP contribution >= 0.6 is 0 Å². The van der Waals surface area contributed by atoms with E-state index in [2.05, 4.69) is 18.8 Å². The molecule has 0 aliphatic carbocycles. The molecule has 3 aromatic rings. The van der Waals surface area contributed by atoms with Gasteiger partial charge in [-0.25, -0.2) is 0 Å². The van der Waals surface area contributed by atoms with Crippen LogP contribution in [0.15, 0.2) is 79.1 Å². The second-order valence-electron chi connectivity index (χ2n) is 8.01. The van der Waals surface area contributed by atoms with Gasteiger partial charge in [0.25, 0.3) is 0 Å². The van der Waals surface area contributed by atoms with E-state index in [1.54, 1.807) is 25.6 Å². The summed E-state index contributed by atoms with van der Waals surface area (Å²) in [6, 6.07) is 19.4. The van der Waals surface area contributed by atoms with Gasteiger partial charge < -0.3 is 14.4 Å². The van der Waals surface area contributed by atoms with Gasteiger partial charge in [-0.15, -0.1) is 0 Å². The summed E-state index contributed by atoms with van der Waals surface area (Å²) in [5, 5.41) is 0. The lowest BCUT2D eigenvalue weighted by Crippen LogP contribution is -2.28. The highest BCUT2D eigenvalue weighted by atomic mass is 16.5. The first-order valence-corrected chi connectivity index (χ1v) is 10.7. The van der Waals surface area contributed by atoms with Crippen LogP contribution in [0, 0.1) is 5.92 Å². The molecule has 1 aromatic heterocycles. The molecule has 5 nitrogen and oxygen atoms in total. The van der Waals surface area contributed by atoms with Gasteiger partial charge in [-0.2, -0.15) is 0 Å². The molecule has 32 heavy (non-hydrogen) atoms. The van der Waals surface area contributed by atoms with E-state index < -0.39 is 0 Å². The fraction of sp³-hybridized carbons (Fsp3) is 0.259. The quantitative estimate of drug-likeness (QED) is 0.406. The number of hydrogen-bond acceptors (Lipinski definition) is 4. The molecule has 0 radical (unpaired) electrons. The van der Waals surface area contributed by atoms with Gasteiger partial charge in [0.2, 0.25) is 5.91 Å². The molecule has 0 fully saturated rings. The minimum Gasteiger partial charge on any atom is -0.497 e. The molecule has 0 unspecified atom stereocenters. The third-order valence-electron chi connectivity index (χ3n) is 4.85. The van der Waals surface area contributed by atoms with Gasteiger partial charge in [0.05, 0.1) is 13.7 Å². The Balaban J connectivity index is 1.72. The number of amides is 1. The van der Waals surface area contributed by atoms with E-state index >= 15 is 0 Å². The highest BCUT2D eigenvalue weighted by Gasteiger charge is 2.13. The largest absolute Gasteiger partial charge is 0.497 e. The zero-order valence-electron chi connectivity index (χ0n) is 18.9. The van der Waals surface area contributed by atoms with Crippen molar-refractivity contribution in [3.05, 3.63) is 95.8 Å². The molecule has 0 saturated heterocycles. The summed E-state index contributed by atoms with van der Waals surface area (Å²) < 4.78 is 11.0. The SMILES string of the molecule is COc1ccc(C=CC(=O)N(Cc2ccncc2)Cc2ccc(OCC(C)C)cc2)cc1. The van der Waals surface area contributed by atoms with Crippen LogP contribution in [-0.2, 0) is 17.9 Å². The number of aromatic nitrogens is 1. The van der Waals surface area contributed by atoms with Crippen LogP contribution in [0.25, 0.3) is 6.08 Å². The van der Waals surface area contributed by atoms with Crippen molar-refractivity contribution in [1.29, 1.82) is 0 Å². The smallest absolute Gasteiger partial charge is 0.247 e. The first-order chi connectivity index (χ1) is 15.5. The number of pyridine rings is 1. The molecule has 0 atom stereocenters. The summed E-state index contributed by atoms with van der Waals surface area (Å²) in [6.07, 6.45) is 6.92. The maximum Gasteiger partial charge on any atom is 0.247 e. The molecule has 2 aromatic carbocycles. The maximum absolute atomic E-state index is 13.1. The molecule has 0 aliphatic rings. The van der Waals surface area contributed by atoms with Gasteiger partial charge in [-0.1, -0.05) is 38.1 Å². The van der Waals surface area contributed by atoms with Crippen LogP contribution < -0.4 is 9.47 Å². The van der Waals surface area contributed by atoms with Crippen LogP contribution in [-0.4, -0.2) is 29.5 Å². The highest BCUT2D eigenvalue weighted by molar-refractivity contribution is 5.91. The van der Waals surface area contributed by atoms with Gasteiger partial charge in [0.1, 0.15) is 11.5 Å². The molecule has 5 heteroatoms. The second-order valence-corrected chi connectivity index (χ2v) is 8.01. The van der Waals surface area contributed by atoms with E-state index in [4.69, 9.17) is 9.47 Å². The highest BCUT2D eigenvalue weighted by Crippen LogP contribution is 2.17. The molecule has 0 N–H and O–H groups in total. The van der Waals surface area contributed by atoms with E-state index in [0.29, 0.717) is 25.6 Å². The van der Waals surface area contributed by atoms with E-state index in [1.807, 2.05) is 71.6 Å². The minimum absolute atomic E-state index is 0.0576. The average molecular weight is 431 g/mol. The minimum atomic E-state index is -0.0576. The molecule has 0 bridgehead atoms. The summed E-state index contributed by atoms with van der Waals surface area (Å²) in [4.78, 5) is 19.0. The Bertz CT molecular complexity index is 997. The Morgan fingerprint density at radius 1 is 0.906 bits per heavy atom. The maximum atomic E-state index is 13.1. The average Bonchev–Trinajstić information content (AvgIpc) is 2.82. The second kappa shape index (κ2) is 11.7. The number of ether oxygens (including phenoxy) is 2. The molecule has 0 spiro atoms. The van der Waals surface area contributed by atoms with Crippen LogP contribution in [0.4, 0.5) is 0 Å². The van der Waals surface area contributed by atoms with Gasteiger partial charge in [-0.05, 0) is 65.1 Å². The van der Waals surface area contributed by atoms with Crippen LogP contribution in [0.2, 0.25) is 0 Å². The van der Waals surface area contributed by atoms with E-state index in [9.17, 15) is 4.79 Å². The Kier molecular flexibility index (Phi) is 8.44. The Morgan fingerprint density at radius 2 is 1.50 bits per heavy atom. The molecule has 1 amide bonds. The molecule has 1 heterocycles. The number of methoxy groups -OCH3 is 1. The number of hydrogen-bond donors (Lipinski definition) is 0. The lowest BCUT2D eigenvalue weighted by molar-refractivity contribution is -0.127. The van der Waals surface area contributed by atoms with Crippen molar-refractivity contribution in [3.63, 3.8) is 0 Å². The zero-order valence-corrected chi connectivity index (χ0v) is 18.9. The standard InChI is InChI=1S/C27H30N2O3/c1-21(2)20-32-26-11-6-23(7-12-26)18-29(19-24-14-16-28-17-15-24)27(30)13-8-22-4-9-25(31-3)10-5-22/h4-17,21H,18-20H2,1-3H3. The molecule has 166 valence electrons. The van der Waals surface area contributed by atoms with E-state index in [1.165, 1.54) is 0 Å². The number of nitrogens with zero attached hydrogens (tertiary/aromatic N) is 2. The van der Waals surface area contributed by atoms with Gasteiger partial charge in [0, 0.05) is 31.6 Å². The summed E-state index contributed by atoms with van der Waals surface area (Å²) in [5.41, 5.74) is 3.01. The van der Waals surface area contributed by atoms with Crippen LogP contribution in [0.5, 0.6) is 11.5 Å². The predicted octanol–water partition coefficient (Wildman–Crippen LogP) is 5.37. The van der Waals surface area contributed by atoms with Crippen molar-refractivity contribution >= 4 is 12.0 Å². The third kappa shape index (κ3) is 7.27. The van der Waals surface area contributed by atoms with E-state index in [0.717, 1.165) is 28.2 Å².